The standard InChI is InChI=1S/C18H21N.ClH/c1-19(2)17-13-18(14-17,15-9-5-3-6-10-15)16-11-7-4-8-12-16;/h3-12,17H,13-14H2,1-2H3;1H. The summed E-state index contributed by atoms with van der Waals surface area (Å²) in [5.74, 6) is 0. The van der Waals surface area contributed by atoms with Crippen LogP contribution in [0.4, 0.5) is 0 Å². The van der Waals surface area contributed by atoms with Crippen LogP contribution in [0.2, 0.25) is 0 Å². The number of quaternary nitrogens is 1. The molecule has 3 rings (SSSR count). The van der Waals surface area contributed by atoms with Crippen LogP contribution in [-0.4, -0.2) is 20.1 Å². The van der Waals surface area contributed by atoms with Crippen molar-refractivity contribution in [2.24, 2.45) is 0 Å². The van der Waals surface area contributed by atoms with E-state index in [1.807, 2.05) is 0 Å². The fourth-order valence-electron chi connectivity index (χ4n) is 3.34. The Morgan fingerprint density at radius 2 is 1.20 bits per heavy atom. The summed E-state index contributed by atoms with van der Waals surface area (Å²) < 4.78 is 0. The third-order valence-corrected chi connectivity index (χ3v) is 4.66. The number of hydrogen-bond acceptors (Lipinski definition) is 0. The van der Waals surface area contributed by atoms with Crippen molar-refractivity contribution in [1.82, 2.24) is 0 Å². The van der Waals surface area contributed by atoms with Crippen molar-refractivity contribution in [3.05, 3.63) is 71.8 Å². The fourth-order valence-corrected chi connectivity index (χ4v) is 3.34. The van der Waals surface area contributed by atoms with Gasteiger partial charge in [0.1, 0.15) is 0 Å². The zero-order valence-electron chi connectivity index (χ0n) is 12.1. The Morgan fingerprint density at radius 3 is 1.55 bits per heavy atom. The number of hydrogen-bond donors (Lipinski definition) is 1. The molecular weight excluding hydrogens is 266 g/mol. The maximum atomic E-state index is 2.29. The van der Waals surface area contributed by atoms with E-state index in [0.717, 1.165) is 6.04 Å². The lowest BCUT2D eigenvalue weighted by atomic mass is 9.58. The summed E-state index contributed by atoms with van der Waals surface area (Å²) in [6, 6.07) is 22.8. The second-order valence-electron chi connectivity index (χ2n) is 6.00. The molecule has 0 atom stereocenters. The summed E-state index contributed by atoms with van der Waals surface area (Å²) in [6.45, 7) is 0. The fraction of sp³-hybridized carbons (Fsp3) is 0.333. The van der Waals surface area contributed by atoms with Gasteiger partial charge in [0.2, 0.25) is 0 Å². The third-order valence-electron chi connectivity index (χ3n) is 4.66. The minimum Gasteiger partial charge on any atom is -1.00 e. The molecule has 0 heterocycles. The normalized spacial score (nSPS) is 17.4. The van der Waals surface area contributed by atoms with E-state index in [0.29, 0.717) is 0 Å². The Balaban J connectivity index is 0.00000147. The van der Waals surface area contributed by atoms with E-state index in [1.54, 1.807) is 4.90 Å². The molecule has 2 aromatic carbocycles. The highest BCUT2D eigenvalue weighted by Crippen LogP contribution is 2.47. The number of nitrogens with one attached hydrogen (secondary N) is 1. The Bertz CT molecular complexity index is 488. The van der Waals surface area contributed by atoms with Gasteiger partial charge in [-0.2, -0.15) is 0 Å². The first kappa shape index (κ1) is 15.1. The van der Waals surface area contributed by atoms with Crippen LogP contribution in [0, 0.1) is 0 Å². The topological polar surface area (TPSA) is 4.44 Å². The lowest BCUT2D eigenvalue weighted by Gasteiger charge is -2.49. The predicted octanol–water partition coefficient (Wildman–Crippen LogP) is -0.716. The first-order valence-corrected chi connectivity index (χ1v) is 7.13. The van der Waals surface area contributed by atoms with Crippen LogP contribution in [-0.2, 0) is 5.41 Å². The Labute approximate surface area is 128 Å². The van der Waals surface area contributed by atoms with Crippen molar-refractivity contribution in [2.45, 2.75) is 24.3 Å². The van der Waals surface area contributed by atoms with Crippen molar-refractivity contribution in [1.29, 1.82) is 0 Å². The van der Waals surface area contributed by atoms with Gasteiger partial charge in [-0.3, -0.25) is 0 Å². The molecule has 0 amide bonds. The van der Waals surface area contributed by atoms with Crippen LogP contribution in [0.1, 0.15) is 24.0 Å². The van der Waals surface area contributed by atoms with Crippen molar-refractivity contribution >= 4 is 0 Å². The van der Waals surface area contributed by atoms with Gasteiger partial charge in [-0.1, -0.05) is 60.7 Å². The summed E-state index contributed by atoms with van der Waals surface area (Å²) >= 11 is 0. The molecule has 0 spiro atoms. The second-order valence-corrected chi connectivity index (χ2v) is 6.00. The quantitative estimate of drug-likeness (QED) is 0.760. The zero-order chi connectivity index (χ0) is 13.3. The van der Waals surface area contributed by atoms with Crippen LogP contribution in [0.5, 0.6) is 0 Å². The summed E-state index contributed by atoms with van der Waals surface area (Å²) in [5.41, 5.74) is 3.18. The molecule has 0 radical (unpaired) electrons. The van der Waals surface area contributed by atoms with Crippen molar-refractivity contribution in [3.8, 4) is 0 Å². The molecule has 0 saturated heterocycles. The maximum Gasteiger partial charge on any atom is 0.0894 e. The molecule has 1 aliphatic carbocycles. The molecule has 0 bridgehead atoms. The SMILES string of the molecule is C[NH+](C)C1CC(c2ccccc2)(c2ccccc2)C1.[Cl-]. The van der Waals surface area contributed by atoms with Crippen molar-refractivity contribution in [2.75, 3.05) is 14.1 Å². The molecule has 1 N–H and O–H groups in total. The van der Waals surface area contributed by atoms with E-state index in [2.05, 4.69) is 74.8 Å². The van der Waals surface area contributed by atoms with Gasteiger partial charge in [-0.05, 0) is 11.1 Å². The third kappa shape index (κ3) is 2.48. The summed E-state index contributed by atoms with van der Waals surface area (Å²) in [5, 5.41) is 0. The van der Waals surface area contributed by atoms with Crippen LogP contribution in [0.15, 0.2) is 60.7 Å². The van der Waals surface area contributed by atoms with E-state index >= 15 is 0 Å². The molecule has 1 nitrogen and oxygen atoms in total. The number of benzene rings is 2. The average molecular weight is 288 g/mol. The van der Waals surface area contributed by atoms with Crippen molar-refractivity contribution in [3.63, 3.8) is 0 Å². The van der Waals surface area contributed by atoms with E-state index in [-0.39, 0.29) is 17.8 Å². The smallest absolute Gasteiger partial charge is 0.0894 e. The first-order chi connectivity index (χ1) is 9.22. The molecule has 0 aromatic heterocycles. The van der Waals surface area contributed by atoms with Gasteiger partial charge in [-0.15, -0.1) is 0 Å². The Kier molecular flexibility index (Phi) is 4.52. The molecule has 0 unspecified atom stereocenters. The first-order valence-electron chi connectivity index (χ1n) is 7.13. The average Bonchev–Trinajstić information content (AvgIpc) is 2.40. The molecule has 1 aliphatic rings. The highest BCUT2D eigenvalue weighted by molar-refractivity contribution is 5.42. The van der Waals surface area contributed by atoms with Gasteiger partial charge >= 0.3 is 0 Å². The van der Waals surface area contributed by atoms with Crippen LogP contribution in [0.3, 0.4) is 0 Å². The monoisotopic (exact) mass is 287 g/mol. The molecule has 20 heavy (non-hydrogen) atoms. The minimum absolute atomic E-state index is 0. The molecule has 1 saturated carbocycles. The lowest BCUT2D eigenvalue weighted by molar-refractivity contribution is -0.894. The minimum atomic E-state index is 0. The predicted molar refractivity (Wildman–Crippen MR) is 79.5 cm³/mol. The van der Waals surface area contributed by atoms with Gasteiger partial charge in [0.15, 0.2) is 0 Å². The highest BCUT2D eigenvalue weighted by Gasteiger charge is 2.49. The maximum absolute atomic E-state index is 2.29. The largest absolute Gasteiger partial charge is 1.00 e. The van der Waals surface area contributed by atoms with Crippen molar-refractivity contribution < 1.29 is 17.3 Å². The van der Waals surface area contributed by atoms with Crippen LogP contribution < -0.4 is 17.3 Å². The lowest BCUT2D eigenvalue weighted by Crippen LogP contribution is -3.12. The highest BCUT2D eigenvalue weighted by atomic mass is 35.5. The Hall–Kier alpha value is -1.31. The molecule has 106 valence electrons. The van der Waals surface area contributed by atoms with E-state index in [9.17, 15) is 0 Å². The van der Waals surface area contributed by atoms with Gasteiger partial charge in [0, 0.05) is 18.3 Å². The van der Waals surface area contributed by atoms with Gasteiger partial charge in [0.25, 0.3) is 0 Å². The van der Waals surface area contributed by atoms with Gasteiger partial charge in [-0.25, -0.2) is 0 Å². The number of rotatable bonds is 3. The molecule has 2 heteroatoms. The molecule has 2 aromatic rings. The summed E-state index contributed by atoms with van der Waals surface area (Å²) in [4.78, 5) is 1.57. The number of halogens is 1. The second kappa shape index (κ2) is 5.99. The summed E-state index contributed by atoms with van der Waals surface area (Å²) in [6.07, 6.45) is 2.51. The Morgan fingerprint density at radius 1 is 0.800 bits per heavy atom. The zero-order valence-corrected chi connectivity index (χ0v) is 12.9. The molecule has 0 aliphatic heterocycles. The van der Waals surface area contributed by atoms with Crippen LogP contribution >= 0.6 is 0 Å². The van der Waals surface area contributed by atoms with Crippen LogP contribution in [0.25, 0.3) is 0 Å². The van der Waals surface area contributed by atoms with E-state index < -0.39 is 0 Å². The summed E-state index contributed by atoms with van der Waals surface area (Å²) in [7, 11) is 4.54. The van der Waals surface area contributed by atoms with Gasteiger partial charge in [0.05, 0.1) is 20.1 Å². The molecular formula is C18H22ClN. The van der Waals surface area contributed by atoms with E-state index in [1.165, 1.54) is 24.0 Å². The van der Waals surface area contributed by atoms with Gasteiger partial charge < -0.3 is 17.3 Å². The van der Waals surface area contributed by atoms with E-state index in [4.69, 9.17) is 0 Å². The molecule has 1 fully saturated rings.